The summed E-state index contributed by atoms with van der Waals surface area (Å²) >= 11 is 6.35. The van der Waals surface area contributed by atoms with E-state index in [9.17, 15) is 9.59 Å². The van der Waals surface area contributed by atoms with Gasteiger partial charge in [0, 0.05) is 12.3 Å². The van der Waals surface area contributed by atoms with Gasteiger partial charge in [0.2, 0.25) is 5.91 Å². The molecule has 4 heteroatoms. The molecule has 23 heavy (non-hydrogen) atoms. The molecule has 0 saturated carbocycles. The molecule has 0 aliphatic heterocycles. The Kier molecular flexibility index (Phi) is 11.4. The number of amides is 1. The summed E-state index contributed by atoms with van der Waals surface area (Å²) in [4.78, 5) is 22.6. The molecule has 1 N–H and O–H groups in total. The van der Waals surface area contributed by atoms with Gasteiger partial charge in [-0.25, -0.2) is 0 Å². The lowest BCUT2D eigenvalue weighted by Crippen LogP contribution is -2.18. The fraction of sp³-hybridized carbons (Fsp3) is 0.579. The summed E-state index contributed by atoms with van der Waals surface area (Å²) in [7, 11) is 0. The first-order valence-electron chi connectivity index (χ1n) is 8.49. The van der Waals surface area contributed by atoms with Crippen LogP contribution in [0.5, 0.6) is 0 Å². The highest BCUT2D eigenvalue weighted by Gasteiger charge is 2.11. The third-order valence-electron chi connectivity index (χ3n) is 3.34. The van der Waals surface area contributed by atoms with E-state index >= 15 is 0 Å². The number of carbonyl (C=O) groups excluding carboxylic acids is 2. The second-order valence-corrected chi connectivity index (χ2v) is 6.06. The molecule has 0 unspecified atom stereocenters. The monoisotopic (exact) mass is 339 g/mol. The van der Waals surface area contributed by atoms with E-state index in [-0.39, 0.29) is 17.6 Å². The van der Waals surface area contributed by atoms with Crippen molar-refractivity contribution in [3.8, 4) is 0 Å². The average Bonchev–Trinajstić information content (AvgIpc) is 2.51. The van der Waals surface area contributed by atoms with E-state index in [2.05, 4.69) is 5.32 Å². The number of rotatable bonds is 8. The summed E-state index contributed by atoms with van der Waals surface area (Å²) in [5.74, 6) is 0.137. The number of carbonyl (C=O) groups is 2. The molecule has 0 aliphatic rings. The molecule has 0 radical (unpaired) electrons. The van der Waals surface area contributed by atoms with Gasteiger partial charge in [-0.3, -0.25) is 4.79 Å². The van der Waals surface area contributed by atoms with Crippen molar-refractivity contribution in [3.05, 3.63) is 28.8 Å². The molecule has 0 fully saturated rings. The number of Topliss-reactive ketones (excluding diaryl/α,β-unsaturated/α-hetero) is 1. The summed E-state index contributed by atoms with van der Waals surface area (Å²) in [5.41, 5.74) is 1.72. The number of ketones is 1. The highest BCUT2D eigenvalue weighted by molar-refractivity contribution is 6.34. The predicted octanol–water partition coefficient (Wildman–Crippen LogP) is 5.65. The quantitative estimate of drug-likeness (QED) is 0.622. The highest BCUT2D eigenvalue weighted by Crippen LogP contribution is 2.27. The molecule has 0 atom stereocenters. The van der Waals surface area contributed by atoms with Gasteiger partial charge in [-0.2, -0.15) is 0 Å². The van der Waals surface area contributed by atoms with Gasteiger partial charge in [0.25, 0.3) is 0 Å². The van der Waals surface area contributed by atoms with Gasteiger partial charge in [0.05, 0.1) is 10.7 Å². The van der Waals surface area contributed by atoms with E-state index < -0.39 is 0 Å². The first-order chi connectivity index (χ1) is 10.9. The Morgan fingerprint density at radius 2 is 1.78 bits per heavy atom. The molecule has 1 rings (SSSR count). The van der Waals surface area contributed by atoms with Crippen LogP contribution >= 0.6 is 11.6 Å². The smallest absolute Gasteiger partial charge is 0.226 e. The summed E-state index contributed by atoms with van der Waals surface area (Å²) in [6, 6.07) is 5.72. The molecule has 0 aromatic heterocycles. The molecule has 1 aromatic rings. The number of halogens is 1. The van der Waals surface area contributed by atoms with Crippen molar-refractivity contribution in [1.29, 1.82) is 0 Å². The molecular weight excluding hydrogens is 310 g/mol. The Labute approximate surface area is 145 Å². The maximum Gasteiger partial charge on any atom is 0.226 e. The van der Waals surface area contributed by atoms with Crippen molar-refractivity contribution in [2.75, 3.05) is 5.32 Å². The summed E-state index contributed by atoms with van der Waals surface area (Å²) < 4.78 is 0. The Morgan fingerprint density at radius 3 is 2.35 bits per heavy atom. The van der Waals surface area contributed by atoms with E-state index in [0.29, 0.717) is 17.1 Å². The first-order valence-corrected chi connectivity index (χ1v) is 8.87. The van der Waals surface area contributed by atoms with Crippen molar-refractivity contribution in [3.63, 3.8) is 0 Å². The molecule has 0 saturated heterocycles. The number of unbranched alkanes of at least 4 members (excludes halogenated alkanes) is 2. The van der Waals surface area contributed by atoms with Gasteiger partial charge in [-0.05, 0) is 37.8 Å². The average molecular weight is 340 g/mol. The molecule has 1 aromatic carbocycles. The SMILES string of the molecule is CC.CC(=O)CCCCCc1cccc(NC(=O)C(C)C)c1Cl. The lowest BCUT2D eigenvalue weighted by Gasteiger charge is -2.12. The van der Waals surface area contributed by atoms with Crippen LogP contribution in [0.2, 0.25) is 5.02 Å². The van der Waals surface area contributed by atoms with E-state index in [1.54, 1.807) is 6.92 Å². The Balaban J connectivity index is 0.00000232. The predicted molar refractivity (Wildman–Crippen MR) is 99.1 cm³/mol. The van der Waals surface area contributed by atoms with Gasteiger partial charge < -0.3 is 10.1 Å². The Morgan fingerprint density at radius 1 is 1.13 bits per heavy atom. The van der Waals surface area contributed by atoms with Crippen LogP contribution in [0, 0.1) is 5.92 Å². The van der Waals surface area contributed by atoms with Crippen molar-refractivity contribution < 1.29 is 9.59 Å². The van der Waals surface area contributed by atoms with Crippen molar-refractivity contribution in [2.24, 2.45) is 5.92 Å². The fourth-order valence-corrected chi connectivity index (χ4v) is 2.28. The van der Waals surface area contributed by atoms with Gasteiger partial charge in [-0.15, -0.1) is 0 Å². The summed E-state index contributed by atoms with van der Waals surface area (Å²) in [5, 5.41) is 3.47. The summed E-state index contributed by atoms with van der Waals surface area (Å²) in [6.07, 6.45) is 4.45. The van der Waals surface area contributed by atoms with Gasteiger partial charge in [0.1, 0.15) is 5.78 Å². The Bertz CT molecular complexity index is 498. The van der Waals surface area contributed by atoms with Crippen molar-refractivity contribution in [2.45, 2.75) is 66.7 Å². The van der Waals surface area contributed by atoms with Crippen LogP contribution in [0.4, 0.5) is 5.69 Å². The van der Waals surface area contributed by atoms with E-state index in [0.717, 1.165) is 31.2 Å². The lowest BCUT2D eigenvalue weighted by atomic mass is 10.0. The maximum absolute atomic E-state index is 11.7. The van der Waals surface area contributed by atoms with Gasteiger partial charge in [-0.1, -0.05) is 57.8 Å². The number of benzene rings is 1. The van der Waals surface area contributed by atoms with Crippen LogP contribution in [0.25, 0.3) is 0 Å². The van der Waals surface area contributed by atoms with Crippen LogP contribution in [0.3, 0.4) is 0 Å². The molecule has 0 bridgehead atoms. The lowest BCUT2D eigenvalue weighted by molar-refractivity contribution is -0.119. The molecule has 0 heterocycles. The third-order valence-corrected chi connectivity index (χ3v) is 3.78. The van der Waals surface area contributed by atoms with Crippen LogP contribution < -0.4 is 5.32 Å². The molecule has 130 valence electrons. The number of aryl methyl sites for hydroxylation is 1. The molecule has 3 nitrogen and oxygen atoms in total. The first kappa shape index (κ1) is 21.6. The Hall–Kier alpha value is -1.35. The largest absolute Gasteiger partial charge is 0.325 e. The van der Waals surface area contributed by atoms with Crippen LogP contribution in [-0.2, 0) is 16.0 Å². The molecule has 0 aliphatic carbocycles. The van der Waals surface area contributed by atoms with Crippen LogP contribution in [0.15, 0.2) is 18.2 Å². The fourth-order valence-electron chi connectivity index (χ4n) is 2.01. The van der Waals surface area contributed by atoms with Gasteiger partial charge >= 0.3 is 0 Å². The maximum atomic E-state index is 11.7. The molecular formula is C19H30ClNO2. The third kappa shape index (κ3) is 8.75. The second kappa shape index (κ2) is 12.1. The van der Waals surface area contributed by atoms with E-state index in [4.69, 9.17) is 11.6 Å². The zero-order valence-corrected chi connectivity index (χ0v) is 15.8. The topological polar surface area (TPSA) is 46.2 Å². The highest BCUT2D eigenvalue weighted by atomic mass is 35.5. The van der Waals surface area contributed by atoms with E-state index in [1.165, 1.54) is 0 Å². The minimum absolute atomic E-state index is 0.0319. The second-order valence-electron chi connectivity index (χ2n) is 5.69. The minimum Gasteiger partial charge on any atom is -0.325 e. The number of nitrogens with one attached hydrogen (secondary N) is 1. The van der Waals surface area contributed by atoms with Gasteiger partial charge in [0.15, 0.2) is 0 Å². The minimum atomic E-state index is -0.0729. The zero-order valence-electron chi connectivity index (χ0n) is 15.0. The number of anilines is 1. The number of hydrogen-bond acceptors (Lipinski definition) is 2. The van der Waals surface area contributed by atoms with Crippen LogP contribution in [0.1, 0.15) is 65.9 Å². The van der Waals surface area contributed by atoms with Crippen molar-refractivity contribution in [1.82, 2.24) is 0 Å². The number of hydrogen-bond donors (Lipinski definition) is 1. The zero-order chi connectivity index (χ0) is 17.8. The molecule has 0 spiro atoms. The van der Waals surface area contributed by atoms with Crippen LogP contribution in [-0.4, -0.2) is 11.7 Å². The summed E-state index contributed by atoms with van der Waals surface area (Å²) in [6.45, 7) is 9.32. The van der Waals surface area contributed by atoms with Crippen molar-refractivity contribution >= 4 is 29.0 Å². The normalized spacial score (nSPS) is 10.0. The van der Waals surface area contributed by atoms with E-state index in [1.807, 2.05) is 45.9 Å². The standard InChI is InChI=1S/C17H24ClNO2.C2H6/c1-12(2)17(21)19-15-11-7-10-14(16(15)18)9-6-4-5-8-13(3)20;1-2/h7,10-12H,4-6,8-9H2,1-3H3,(H,19,21);1-2H3. The molecule has 1 amide bonds.